The van der Waals surface area contributed by atoms with E-state index in [9.17, 15) is 14.4 Å². The number of aromatic nitrogens is 2. The number of benzene rings is 3. The first-order valence-electron chi connectivity index (χ1n) is 9.48. The Hall–Kier alpha value is -3.67. The van der Waals surface area contributed by atoms with Crippen molar-refractivity contribution in [2.45, 2.75) is 20.0 Å². The summed E-state index contributed by atoms with van der Waals surface area (Å²) in [4.78, 5) is 41.1. The molecule has 6 nitrogen and oxygen atoms in total. The second-order valence-corrected chi connectivity index (χ2v) is 7.03. The Bertz CT molecular complexity index is 1350. The quantitative estimate of drug-likeness (QED) is 0.547. The molecule has 1 N–H and O–H groups in total. The van der Waals surface area contributed by atoms with Crippen LogP contribution < -0.4 is 11.1 Å². The maximum absolute atomic E-state index is 13.0. The fourth-order valence-corrected chi connectivity index (χ4v) is 3.70. The smallest absolute Gasteiger partial charge is 0.316 e. The number of nitrogens with zero attached hydrogens (tertiary/aromatic N) is 2. The molecule has 146 valence electrons. The first-order valence-corrected chi connectivity index (χ1v) is 9.48. The van der Waals surface area contributed by atoms with E-state index in [1.54, 1.807) is 37.1 Å². The molecule has 0 saturated heterocycles. The first kappa shape index (κ1) is 18.7. The van der Waals surface area contributed by atoms with E-state index >= 15 is 0 Å². The minimum atomic E-state index is -0.687. The molecule has 0 radical (unpaired) electrons. The van der Waals surface area contributed by atoms with Crippen molar-refractivity contribution in [3.63, 3.8) is 0 Å². The summed E-state index contributed by atoms with van der Waals surface area (Å²) < 4.78 is 1.41. The van der Waals surface area contributed by atoms with Gasteiger partial charge in [0.05, 0.1) is 11.0 Å². The van der Waals surface area contributed by atoms with Crippen molar-refractivity contribution in [2.75, 3.05) is 7.05 Å². The van der Waals surface area contributed by atoms with Crippen LogP contribution in [0.25, 0.3) is 21.8 Å². The van der Waals surface area contributed by atoms with Crippen LogP contribution >= 0.6 is 0 Å². The van der Waals surface area contributed by atoms with E-state index in [2.05, 4.69) is 4.98 Å². The predicted molar refractivity (Wildman–Crippen MR) is 114 cm³/mol. The van der Waals surface area contributed by atoms with Gasteiger partial charge in [-0.25, -0.2) is 0 Å². The van der Waals surface area contributed by atoms with Crippen molar-refractivity contribution in [2.24, 2.45) is 0 Å². The summed E-state index contributed by atoms with van der Waals surface area (Å²) in [5.41, 5.74) is 1.32. The molecule has 0 spiro atoms. The standard InChI is InChI=1S/C23H21N3O3/c1-3-26-20-12-11-16(13-19(20)24-21(27)23(26)29)22(28)25(2)14-17-9-6-8-15-7-4-5-10-18(15)17/h4-13H,3,14H2,1-2H3,(H,24,27). The molecule has 1 amide bonds. The number of carbonyl (C=O) groups is 1. The third kappa shape index (κ3) is 3.33. The van der Waals surface area contributed by atoms with Gasteiger partial charge in [-0.15, -0.1) is 0 Å². The Morgan fingerprint density at radius 3 is 2.59 bits per heavy atom. The highest BCUT2D eigenvalue weighted by atomic mass is 16.2. The van der Waals surface area contributed by atoms with Gasteiger partial charge in [-0.2, -0.15) is 0 Å². The van der Waals surface area contributed by atoms with E-state index < -0.39 is 11.1 Å². The maximum Gasteiger partial charge on any atom is 0.316 e. The molecule has 0 unspecified atom stereocenters. The van der Waals surface area contributed by atoms with E-state index in [4.69, 9.17) is 0 Å². The number of nitrogens with one attached hydrogen (secondary N) is 1. The number of hydrogen-bond donors (Lipinski definition) is 1. The normalized spacial score (nSPS) is 11.1. The summed E-state index contributed by atoms with van der Waals surface area (Å²) in [5.74, 6) is -0.157. The van der Waals surface area contributed by atoms with Gasteiger partial charge in [0.15, 0.2) is 0 Å². The molecule has 0 bridgehead atoms. The lowest BCUT2D eigenvalue weighted by molar-refractivity contribution is 0.0786. The Labute approximate surface area is 167 Å². The molecule has 3 aromatic carbocycles. The van der Waals surface area contributed by atoms with E-state index in [-0.39, 0.29) is 5.91 Å². The minimum absolute atomic E-state index is 0.157. The third-order valence-electron chi connectivity index (χ3n) is 5.17. The SMILES string of the molecule is CCn1c(=O)c(=O)[nH]c2cc(C(=O)N(C)Cc3cccc4ccccc34)ccc21. The summed E-state index contributed by atoms with van der Waals surface area (Å²) in [6.07, 6.45) is 0. The van der Waals surface area contributed by atoms with E-state index in [1.165, 1.54) is 4.57 Å². The molecule has 0 aliphatic carbocycles. The molecule has 1 aromatic heterocycles. The summed E-state index contributed by atoms with van der Waals surface area (Å²) in [5, 5.41) is 2.25. The van der Waals surface area contributed by atoms with E-state index in [1.807, 2.05) is 42.5 Å². The van der Waals surface area contributed by atoms with Crippen LogP contribution in [-0.2, 0) is 13.1 Å². The average Bonchev–Trinajstić information content (AvgIpc) is 2.74. The van der Waals surface area contributed by atoms with E-state index in [0.717, 1.165) is 16.3 Å². The molecule has 1 heterocycles. The zero-order valence-electron chi connectivity index (χ0n) is 16.3. The maximum atomic E-state index is 13.0. The number of hydrogen-bond acceptors (Lipinski definition) is 3. The predicted octanol–water partition coefficient (Wildman–Crippen LogP) is 3.14. The summed E-state index contributed by atoms with van der Waals surface area (Å²) >= 11 is 0. The van der Waals surface area contributed by atoms with Gasteiger partial charge in [-0.05, 0) is 41.5 Å². The molecule has 0 aliphatic rings. The van der Waals surface area contributed by atoms with Crippen LogP contribution in [0.5, 0.6) is 0 Å². The molecule has 0 saturated carbocycles. The Balaban J connectivity index is 1.68. The third-order valence-corrected chi connectivity index (χ3v) is 5.17. The van der Waals surface area contributed by atoms with Crippen molar-refractivity contribution >= 4 is 27.7 Å². The zero-order chi connectivity index (χ0) is 20.5. The number of aromatic amines is 1. The number of aryl methyl sites for hydroxylation is 1. The van der Waals surface area contributed by atoms with Crippen molar-refractivity contribution < 1.29 is 4.79 Å². The van der Waals surface area contributed by atoms with Crippen LogP contribution in [0.2, 0.25) is 0 Å². The minimum Gasteiger partial charge on any atom is -0.337 e. The van der Waals surface area contributed by atoms with Crippen molar-refractivity contribution in [1.82, 2.24) is 14.5 Å². The van der Waals surface area contributed by atoms with Gasteiger partial charge in [0, 0.05) is 25.7 Å². The van der Waals surface area contributed by atoms with Gasteiger partial charge in [0.1, 0.15) is 0 Å². The molecule has 29 heavy (non-hydrogen) atoms. The highest BCUT2D eigenvalue weighted by Crippen LogP contribution is 2.21. The van der Waals surface area contributed by atoms with Gasteiger partial charge in [0.2, 0.25) is 0 Å². The molecule has 4 aromatic rings. The van der Waals surface area contributed by atoms with Crippen LogP contribution in [0.1, 0.15) is 22.8 Å². The zero-order valence-corrected chi connectivity index (χ0v) is 16.3. The molecule has 0 aliphatic heterocycles. The van der Waals surface area contributed by atoms with Gasteiger partial charge >= 0.3 is 11.1 Å². The second-order valence-electron chi connectivity index (χ2n) is 7.03. The second kappa shape index (κ2) is 7.39. The summed E-state index contributed by atoms with van der Waals surface area (Å²) in [6, 6.07) is 19.2. The number of fused-ring (bicyclic) bond motifs is 2. The Morgan fingerprint density at radius 1 is 1.03 bits per heavy atom. The average molecular weight is 387 g/mol. The largest absolute Gasteiger partial charge is 0.337 e. The van der Waals surface area contributed by atoms with Crippen molar-refractivity contribution in [3.05, 3.63) is 92.5 Å². The van der Waals surface area contributed by atoms with Crippen LogP contribution in [0.15, 0.2) is 70.3 Å². The molecule has 4 rings (SSSR count). The fourth-order valence-electron chi connectivity index (χ4n) is 3.70. The molecule has 0 atom stereocenters. The van der Waals surface area contributed by atoms with Crippen LogP contribution in [-0.4, -0.2) is 27.4 Å². The number of rotatable bonds is 4. The molecular weight excluding hydrogens is 366 g/mol. The molecule has 0 fully saturated rings. The van der Waals surface area contributed by atoms with Gasteiger partial charge in [-0.1, -0.05) is 42.5 Å². The van der Waals surface area contributed by atoms with Crippen molar-refractivity contribution in [1.29, 1.82) is 0 Å². The topological polar surface area (TPSA) is 75.2 Å². The Morgan fingerprint density at radius 2 is 1.79 bits per heavy atom. The lowest BCUT2D eigenvalue weighted by Crippen LogP contribution is -2.36. The van der Waals surface area contributed by atoms with Crippen molar-refractivity contribution in [3.8, 4) is 0 Å². The van der Waals surface area contributed by atoms with Gasteiger partial charge < -0.3 is 14.5 Å². The number of H-pyrrole nitrogens is 1. The fraction of sp³-hybridized carbons (Fsp3) is 0.174. The lowest BCUT2D eigenvalue weighted by atomic mass is 10.0. The highest BCUT2D eigenvalue weighted by molar-refractivity contribution is 5.97. The monoisotopic (exact) mass is 387 g/mol. The van der Waals surface area contributed by atoms with E-state index in [0.29, 0.717) is 29.7 Å². The van der Waals surface area contributed by atoms with Gasteiger partial charge in [0.25, 0.3) is 5.91 Å². The van der Waals surface area contributed by atoms with Crippen LogP contribution in [0, 0.1) is 0 Å². The number of carbonyl (C=O) groups excluding carboxylic acids is 1. The van der Waals surface area contributed by atoms with Gasteiger partial charge in [-0.3, -0.25) is 14.4 Å². The Kier molecular flexibility index (Phi) is 4.76. The molecular formula is C23H21N3O3. The lowest BCUT2D eigenvalue weighted by Gasteiger charge is -2.19. The summed E-state index contributed by atoms with van der Waals surface area (Å²) in [6.45, 7) is 2.65. The van der Waals surface area contributed by atoms with Crippen LogP contribution in [0.4, 0.5) is 0 Å². The highest BCUT2D eigenvalue weighted by Gasteiger charge is 2.15. The first-order chi connectivity index (χ1) is 14.0. The number of amides is 1. The molecule has 6 heteroatoms. The summed E-state index contributed by atoms with van der Waals surface area (Å²) in [7, 11) is 1.75. The van der Waals surface area contributed by atoms with Crippen LogP contribution in [0.3, 0.4) is 0 Å².